The van der Waals surface area contributed by atoms with Crippen LogP contribution in [0, 0.1) is 6.92 Å². The van der Waals surface area contributed by atoms with Crippen LogP contribution in [0.2, 0.25) is 10.0 Å². The van der Waals surface area contributed by atoms with E-state index in [0.29, 0.717) is 5.92 Å². The predicted molar refractivity (Wildman–Crippen MR) is 176 cm³/mol. The topological polar surface area (TPSA) is 17.8 Å². The molecule has 1 fully saturated rings. The van der Waals surface area contributed by atoms with Crippen molar-refractivity contribution in [1.82, 2.24) is 9.55 Å². The van der Waals surface area contributed by atoms with E-state index >= 15 is 0 Å². The third-order valence-corrected chi connectivity index (χ3v) is 8.89. The lowest BCUT2D eigenvalue weighted by Gasteiger charge is -2.20. The number of imidazole rings is 1. The molecule has 0 aliphatic heterocycles. The van der Waals surface area contributed by atoms with E-state index in [9.17, 15) is 0 Å². The van der Waals surface area contributed by atoms with Crippen molar-refractivity contribution in [2.75, 3.05) is 0 Å². The molecule has 0 N–H and O–H groups in total. The fourth-order valence-electron chi connectivity index (χ4n) is 6.09. The van der Waals surface area contributed by atoms with Gasteiger partial charge in [-0.3, -0.25) is 0 Å². The van der Waals surface area contributed by atoms with E-state index in [4.69, 9.17) is 28.2 Å². The van der Waals surface area contributed by atoms with Crippen LogP contribution in [0.25, 0.3) is 22.2 Å². The average molecular weight is 588 g/mol. The maximum absolute atomic E-state index is 6.27. The molecule has 1 saturated carbocycles. The van der Waals surface area contributed by atoms with E-state index in [1.165, 1.54) is 63.1 Å². The Labute approximate surface area is 257 Å². The molecule has 0 radical (unpaired) electrons. The minimum atomic E-state index is 0.0580. The van der Waals surface area contributed by atoms with Crippen molar-refractivity contribution < 1.29 is 0 Å². The van der Waals surface area contributed by atoms with E-state index in [1.807, 2.05) is 24.3 Å². The van der Waals surface area contributed by atoms with Crippen LogP contribution >= 0.6 is 23.2 Å². The first-order valence-corrected chi connectivity index (χ1v) is 15.4. The molecular weight excluding hydrogens is 555 g/mol. The molecule has 4 heteroatoms. The van der Waals surface area contributed by atoms with E-state index in [1.54, 1.807) is 0 Å². The van der Waals surface area contributed by atoms with Crippen molar-refractivity contribution in [3.8, 4) is 11.1 Å². The Kier molecular flexibility index (Phi) is 7.36. The molecule has 0 unspecified atom stereocenters. The first kappa shape index (κ1) is 27.0. The number of aryl methyl sites for hydroxylation is 3. The molecule has 0 bridgehead atoms. The second-order valence-corrected chi connectivity index (χ2v) is 12.4. The summed E-state index contributed by atoms with van der Waals surface area (Å²) in [5.74, 6) is 1.84. The van der Waals surface area contributed by atoms with Gasteiger partial charge < -0.3 is 4.57 Å². The van der Waals surface area contributed by atoms with Gasteiger partial charge in [-0.2, -0.15) is 0 Å². The van der Waals surface area contributed by atoms with Crippen molar-refractivity contribution in [3.63, 3.8) is 0 Å². The van der Waals surface area contributed by atoms with Gasteiger partial charge in [0.15, 0.2) is 0 Å². The van der Waals surface area contributed by atoms with Crippen LogP contribution in [0.5, 0.6) is 0 Å². The smallest absolute Gasteiger partial charge is 0.113 e. The number of hydrogen-bond donors (Lipinski definition) is 0. The number of fused-ring (bicyclic) bond motifs is 1. The van der Waals surface area contributed by atoms with Gasteiger partial charge in [0.2, 0.25) is 0 Å². The molecule has 0 saturated heterocycles. The minimum absolute atomic E-state index is 0.0580. The fourth-order valence-corrected chi connectivity index (χ4v) is 6.34. The Morgan fingerprint density at radius 1 is 0.714 bits per heavy atom. The summed E-state index contributed by atoms with van der Waals surface area (Å²) < 4.78 is 2.48. The highest BCUT2D eigenvalue weighted by Crippen LogP contribution is 2.42. The zero-order valence-corrected chi connectivity index (χ0v) is 25.1. The van der Waals surface area contributed by atoms with Gasteiger partial charge >= 0.3 is 0 Å². The summed E-state index contributed by atoms with van der Waals surface area (Å²) in [4.78, 5) is 5.16. The van der Waals surface area contributed by atoms with Gasteiger partial charge in [0.1, 0.15) is 5.82 Å². The van der Waals surface area contributed by atoms with Gasteiger partial charge in [0.25, 0.3) is 0 Å². The molecule has 1 aromatic heterocycles. The number of hydrogen-bond acceptors (Lipinski definition) is 1. The highest BCUT2D eigenvalue weighted by atomic mass is 35.5. The highest BCUT2D eigenvalue weighted by Gasteiger charge is 2.30. The Bertz CT molecular complexity index is 1820. The molecule has 1 aliphatic carbocycles. The lowest BCUT2D eigenvalue weighted by molar-refractivity contribution is 0.670. The monoisotopic (exact) mass is 586 g/mol. The lowest BCUT2D eigenvalue weighted by atomic mass is 9.85. The molecule has 0 amide bonds. The summed E-state index contributed by atoms with van der Waals surface area (Å²) in [6.45, 7) is 3.05. The SMILES string of the molecule is Cc1cccc(-c2cccc(CCn3c(C4CC4)nc4ccc(C(c5ccc(Cl)cc5)c5ccc(Cl)cc5)cc43)c2)c1. The molecular formula is C38H32Cl2N2. The van der Waals surface area contributed by atoms with Gasteiger partial charge in [-0.05, 0) is 96.0 Å². The largest absolute Gasteiger partial charge is 0.327 e. The first-order chi connectivity index (χ1) is 20.5. The third-order valence-electron chi connectivity index (χ3n) is 8.39. The molecule has 7 rings (SSSR count). The summed E-state index contributed by atoms with van der Waals surface area (Å²) in [5, 5.41) is 1.48. The van der Waals surface area contributed by atoms with E-state index < -0.39 is 0 Å². The molecule has 6 aromatic rings. The molecule has 42 heavy (non-hydrogen) atoms. The Hall–Kier alpha value is -3.85. The van der Waals surface area contributed by atoms with E-state index in [2.05, 4.69) is 102 Å². The van der Waals surface area contributed by atoms with Crippen molar-refractivity contribution >= 4 is 34.2 Å². The van der Waals surface area contributed by atoms with Gasteiger partial charge in [0, 0.05) is 28.4 Å². The van der Waals surface area contributed by atoms with Crippen molar-refractivity contribution in [2.45, 2.75) is 44.6 Å². The van der Waals surface area contributed by atoms with Crippen LogP contribution in [-0.4, -0.2) is 9.55 Å². The van der Waals surface area contributed by atoms with Gasteiger partial charge in [-0.25, -0.2) is 4.98 Å². The molecule has 1 aliphatic rings. The second kappa shape index (κ2) is 11.4. The van der Waals surface area contributed by atoms with Crippen LogP contribution < -0.4 is 0 Å². The molecule has 5 aromatic carbocycles. The normalized spacial score (nSPS) is 13.2. The summed E-state index contributed by atoms with van der Waals surface area (Å²) in [5.41, 5.74) is 11.1. The third kappa shape index (κ3) is 5.62. The quantitative estimate of drug-likeness (QED) is 0.162. The second-order valence-electron chi connectivity index (χ2n) is 11.5. The Balaban J connectivity index is 1.26. The summed E-state index contributed by atoms with van der Waals surface area (Å²) in [7, 11) is 0. The summed E-state index contributed by atoms with van der Waals surface area (Å²) >= 11 is 12.5. The maximum Gasteiger partial charge on any atom is 0.113 e. The molecule has 0 spiro atoms. The number of aromatic nitrogens is 2. The van der Waals surface area contributed by atoms with E-state index in [0.717, 1.165) is 28.5 Å². The zero-order chi connectivity index (χ0) is 28.6. The molecule has 208 valence electrons. The van der Waals surface area contributed by atoms with Crippen molar-refractivity contribution in [1.29, 1.82) is 0 Å². The molecule has 2 nitrogen and oxygen atoms in total. The lowest BCUT2D eigenvalue weighted by Crippen LogP contribution is -2.07. The Morgan fingerprint density at radius 2 is 1.33 bits per heavy atom. The Morgan fingerprint density at radius 3 is 1.98 bits per heavy atom. The highest BCUT2D eigenvalue weighted by molar-refractivity contribution is 6.30. The van der Waals surface area contributed by atoms with Crippen LogP contribution in [0.1, 0.15) is 58.3 Å². The number of nitrogens with zero attached hydrogens (tertiary/aromatic N) is 2. The number of halogens is 2. The fraction of sp³-hybridized carbons (Fsp3) is 0.184. The van der Waals surface area contributed by atoms with Crippen LogP contribution in [0.4, 0.5) is 0 Å². The van der Waals surface area contributed by atoms with E-state index in [-0.39, 0.29) is 5.92 Å². The first-order valence-electron chi connectivity index (χ1n) is 14.7. The van der Waals surface area contributed by atoms with Crippen LogP contribution in [-0.2, 0) is 13.0 Å². The van der Waals surface area contributed by atoms with Crippen molar-refractivity contribution in [3.05, 3.63) is 159 Å². The summed E-state index contributed by atoms with van der Waals surface area (Å²) in [6, 6.07) is 40.9. The maximum atomic E-state index is 6.27. The number of rotatable bonds is 8. The predicted octanol–water partition coefficient (Wildman–Crippen LogP) is 10.6. The van der Waals surface area contributed by atoms with Crippen LogP contribution in [0.15, 0.2) is 115 Å². The summed E-state index contributed by atoms with van der Waals surface area (Å²) in [6.07, 6.45) is 3.39. The zero-order valence-electron chi connectivity index (χ0n) is 23.6. The van der Waals surface area contributed by atoms with Crippen molar-refractivity contribution in [2.24, 2.45) is 0 Å². The average Bonchev–Trinajstić information content (AvgIpc) is 3.79. The van der Waals surface area contributed by atoms with Crippen LogP contribution in [0.3, 0.4) is 0 Å². The molecule has 1 heterocycles. The standard InChI is InChI=1S/C38H32Cl2N2/c1-25-4-2-6-30(22-25)31-7-3-5-26(23-31)20-21-42-36-24-32(14-19-35(36)41-38(42)29-8-9-29)37(27-10-15-33(39)16-11-27)28-12-17-34(40)18-13-28/h2-7,10-19,22-24,29,37H,8-9,20-21H2,1H3. The van der Waals surface area contributed by atoms with Gasteiger partial charge in [-0.1, -0.05) is 108 Å². The number of benzene rings is 5. The van der Waals surface area contributed by atoms with Gasteiger partial charge in [0.05, 0.1) is 11.0 Å². The molecule has 0 atom stereocenters. The van der Waals surface area contributed by atoms with Gasteiger partial charge in [-0.15, -0.1) is 0 Å². The minimum Gasteiger partial charge on any atom is -0.327 e.